The lowest BCUT2D eigenvalue weighted by Gasteiger charge is -2.09. The van der Waals surface area contributed by atoms with Crippen molar-refractivity contribution in [1.29, 1.82) is 0 Å². The lowest BCUT2D eigenvalue weighted by atomic mass is 9.97. The van der Waals surface area contributed by atoms with E-state index in [1.54, 1.807) is 19.3 Å². The molecule has 0 heterocycles. The van der Waals surface area contributed by atoms with Crippen molar-refractivity contribution in [1.82, 2.24) is 0 Å². The maximum atomic E-state index is 2.36. The Morgan fingerprint density at radius 3 is 2.54 bits per heavy atom. The smallest absolute Gasteiger partial charge is 0.0354 e. The molecule has 0 heteroatoms. The van der Waals surface area contributed by atoms with E-state index in [-0.39, 0.29) is 0 Å². The van der Waals surface area contributed by atoms with Gasteiger partial charge in [0, 0.05) is 0 Å². The van der Waals surface area contributed by atoms with Crippen molar-refractivity contribution in [3.63, 3.8) is 0 Å². The van der Waals surface area contributed by atoms with Crippen LogP contribution in [0.25, 0.3) is 0 Å². The number of rotatable bonds is 4. The van der Waals surface area contributed by atoms with E-state index in [2.05, 4.69) is 13.8 Å². The average Bonchev–Trinajstić information content (AvgIpc) is 2.76. The summed E-state index contributed by atoms with van der Waals surface area (Å²) in [5, 5.41) is 0. The Morgan fingerprint density at radius 1 is 1.08 bits per heavy atom. The predicted molar refractivity (Wildman–Crippen MR) is 57.6 cm³/mol. The molecule has 0 aromatic rings. The van der Waals surface area contributed by atoms with Gasteiger partial charge in [-0.15, -0.1) is 0 Å². The van der Waals surface area contributed by atoms with Crippen LogP contribution in [-0.2, 0) is 0 Å². The molecule has 76 valence electrons. The van der Waals surface area contributed by atoms with Crippen molar-refractivity contribution < 1.29 is 0 Å². The molecule has 0 aromatic carbocycles. The molecule has 0 spiro atoms. The number of hydrogen-bond donors (Lipinski definition) is 0. The summed E-state index contributed by atoms with van der Waals surface area (Å²) >= 11 is 0. The van der Waals surface area contributed by atoms with Crippen LogP contribution in [0.1, 0.15) is 58.8 Å². The highest BCUT2D eigenvalue weighted by Gasteiger charge is 2.43. The zero-order chi connectivity index (χ0) is 9.26. The van der Waals surface area contributed by atoms with Gasteiger partial charge in [0.25, 0.3) is 0 Å². The topological polar surface area (TPSA) is 0 Å². The van der Waals surface area contributed by atoms with Crippen molar-refractivity contribution in [2.45, 2.75) is 58.8 Å². The molecule has 2 aliphatic rings. The highest BCUT2D eigenvalue weighted by molar-refractivity contribution is 4.93. The molecule has 0 aliphatic heterocycles. The second kappa shape index (κ2) is 4.02. The van der Waals surface area contributed by atoms with Gasteiger partial charge < -0.3 is 0 Å². The molecule has 0 aromatic heterocycles. The maximum absolute atomic E-state index is 2.36. The Hall–Kier alpha value is 0. The predicted octanol–water partition coefficient (Wildman–Crippen LogP) is 4.25. The zero-order valence-corrected chi connectivity index (χ0v) is 9.26. The molecule has 2 saturated carbocycles. The summed E-state index contributed by atoms with van der Waals surface area (Å²) in [5.41, 5.74) is 0. The van der Waals surface area contributed by atoms with Crippen LogP contribution in [0.3, 0.4) is 0 Å². The van der Waals surface area contributed by atoms with Gasteiger partial charge in [-0.05, 0) is 42.9 Å². The van der Waals surface area contributed by atoms with Crippen LogP contribution in [0.5, 0.6) is 0 Å². The van der Waals surface area contributed by atoms with E-state index in [4.69, 9.17) is 0 Å². The normalized spacial score (nSPS) is 43.8. The van der Waals surface area contributed by atoms with Gasteiger partial charge in [-0.1, -0.05) is 39.5 Å². The molecule has 0 nitrogen and oxygen atoms in total. The Labute approximate surface area is 83.1 Å². The molecule has 13 heavy (non-hydrogen) atoms. The van der Waals surface area contributed by atoms with E-state index < -0.39 is 0 Å². The molecule has 0 N–H and O–H groups in total. The average molecular weight is 180 g/mol. The molecule has 0 saturated heterocycles. The van der Waals surface area contributed by atoms with Crippen LogP contribution in [0.2, 0.25) is 0 Å². The monoisotopic (exact) mass is 180 g/mol. The van der Waals surface area contributed by atoms with Gasteiger partial charge in [0.1, 0.15) is 0 Å². The van der Waals surface area contributed by atoms with Crippen LogP contribution in [0.15, 0.2) is 0 Å². The quantitative estimate of drug-likeness (QED) is 0.606. The summed E-state index contributed by atoms with van der Waals surface area (Å²) < 4.78 is 0. The second-order valence-corrected chi connectivity index (χ2v) is 5.30. The highest BCUT2D eigenvalue weighted by Crippen LogP contribution is 2.53. The van der Waals surface area contributed by atoms with Crippen LogP contribution in [-0.4, -0.2) is 0 Å². The highest BCUT2D eigenvalue weighted by atomic mass is 14.5. The standard InChI is InChI=1S/C13H24/c1-3-5-11-9-13(11)12-7-6-10(4-2)8-12/h10-13H,3-9H2,1-2H3/t10-,11?,12?,13+/m0/s1. The fourth-order valence-electron chi connectivity index (χ4n) is 3.42. The van der Waals surface area contributed by atoms with E-state index in [0.29, 0.717) is 0 Å². The second-order valence-electron chi connectivity index (χ2n) is 5.30. The summed E-state index contributed by atoms with van der Waals surface area (Å²) in [6.07, 6.45) is 10.6. The zero-order valence-electron chi connectivity index (χ0n) is 9.26. The van der Waals surface area contributed by atoms with Crippen molar-refractivity contribution in [3.05, 3.63) is 0 Å². The van der Waals surface area contributed by atoms with Crippen LogP contribution in [0.4, 0.5) is 0 Å². The first kappa shape index (κ1) is 9.55. The molecule has 2 aliphatic carbocycles. The van der Waals surface area contributed by atoms with E-state index in [1.807, 2.05) is 0 Å². The van der Waals surface area contributed by atoms with Crippen molar-refractivity contribution >= 4 is 0 Å². The molecular weight excluding hydrogens is 156 g/mol. The molecule has 2 fully saturated rings. The first-order valence-corrected chi connectivity index (χ1v) is 6.35. The molecular formula is C13H24. The van der Waals surface area contributed by atoms with E-state index in [0.717, 1.165) is 23.7 Å². The minimum Gasteiger partial charge on any atom is -0.0654 e. The molecule has 2 unspecified atom stereocenters. The summed E-state index contributed by atoms with van der Waals surface area (Å²) in [6, 6.07) is 0. The molecule has 4 atom stereocenters. The molecule has 2 rings (SSSR count). The fraction of sp³-hybridized carbons (Fsp3) is 1.00. The fourth-order valence-corrected chi connectivity index (χ4v) is 3.42. The van der Waals surface area contributed by atoms with Crippen molar-refractivity contribution in [3.8, 4) is 0 Å². The Bertz CT molecular complexity index is 161. The van der Waals surface area contributed by atoms with Crippen molar-refractivity contribution in [2.24, 2.45) is 23.7 Å². The van der Waals surface area contributed by atoms with Gasteiger partial charge in [0.15, 0.2) is 0 Å². The maximum Gasteiger partial charge on any atom is -0.0354 e. The van der Waals surface area contributed by atoms with Crippen LogP contribution < -0.4 is 0 Å². The van der Waals surface area contributed by atoms with Gasteiger partial charge in [-0.3, -0.25) is 0 Å². The van der Waals surface area contributed by atoms with Crippen molar-refractivity contribution in [2.75, 3.05) is 0 Å². The van der Waals surface area contributed by atoms with Gasteiger partial charge in [-0.25, -0.2) is 0 Å². The molecule has 0 radical (unpaired) electrons. The summed E-state index contributed by atoms with van der Waals surface area (Å²) in [7, 11) is 0. The lowest BCUT2D eigenvalue weighted by Crippen LogP contribution is -2.00. The van der Waals surface area contributed by atoms with E-state index >= 15 is 0 Å². The summed E-state index contributed by atoms with van der Waals surface area (Å²) in [4.78, 5) is 0. The molecule has 0 bridgehead atoms. The van der Waals surface area contributed by atoms with Gasteiger partial charge >= 0.3 is 0 Å². The third-order valence-electron chi connectivity index (χ3n) is 4.40. The van der Waals surface area contributed by atoms with Gasteiger partial charge in [0.2, 0.25) is 0 Å². The Balaban J connectivity index is 1.72. The first-order chi connectivity index (χ1) is 6.35. The van der Waals surface area contributed by atoms with E-state index in [9.17, 15) is 0 Å². The Morgan fingerprint density at radius 2 is 1.92 bits per heavy atom. The van der Waals surface area contributed by atoms with E-state index in [1.165, 1.54) is 25.7 Å². The lowest BCUT2D eigenvalue weighted by molar-refractivity contribution is 0.413. The summed E-state index contributed by atoms with van der Waals surface area (Å²) in [6.45, 7) is 4.70. The minimum absolute atomic E-state index is 1.09. The van der Waals surface area contributed by atoms with Gasteiger partial charge in [-0.2, -0.15) is 0 Å². The Kier molecular flexibility index (Phi) is 2.96. The van der Waals surface area contributed by atoms with Gasteiger partial charge in [0.05, 0.1) is 0 Å². The third-order valence-corrected chi connectivity index (χ3v) is 4.40. The number of hydrogen-bond acceptors (Lipinski definition) is 0. The minimum atomic E-state index is 1.09. The van der Waals surface area contributed by atoms with Crippen LogP contribution in [0, 0.1) is 23.7 Å². The molecule has 0 amide bonds. The summed E-state index contributed by atoms with van der Waals surface area (Å²) in [5.74, 6) is 4.54. The first-order valence-electron chi connectivity index (χ1n) is 6.35. The largest absolute Gasteiger partial charge is 0.0654 e. The van der Waals surface area contributed by atoms with Crippen LogP contribution >= 0.6 is 0 Å². The third kappa shape index (κ3) is 2.08. The SMILES string of the molecule is CCCC1C[C@H]1C1CC[C@H](CC)C1.